The van der Waals surface area contributed by atoms with Gasteiger partial charge in [0.1, 0.15) is 11.6 Å². The first kappa shape index (κ1) is 18.2. The molecule has 5 heteroatoms. The number of hydrogen-bond acceptors (Lipinski definition) is 2. The minimum atomic E-state index is -0.297. The maximum atomic E-state index is 13.0. The number of halogens is 1. The quantitative estimate of drug-likeness (QED) is 0.659. The average molecular weight is 375 g/mol. The fourth-order valence-corrected chi connectivity index (χ4v) is 3.73. The van der Waals surface area contributed by atoms with Crippen molar-refractivity contribution in [1.82, 2.24) is 9.78 Å². The van der Waals surface area contributed by atoms with E-state index in [4.69, 9.17) is 0 Å². The van der Waals surface area contributed by atoms with Crippen molar-refractivity contribution in [1.29, 1.82) is 0 Å². The third-order valence-corrected chi connectivity index (χ3v) is 5.15. The van der Waals surface area contributed by atoms with Crippen molar-refractivity contribution in [3.63, 3.8) is 0 Å². The van der Waals surface area contributed by atoms with Crippen molar-refractivity contribution in [2.45, 2.75) is 32.2 Å². The third kappa shape index (κ3) is 3.74. The first-order chi connectivity index (χ1) is 13.6. The van der Waals surface area contributed by atoms with Gasteiger partial charge < -0.3 is 5.32 Å². The summed E-state index contributed by atoms with van der Waals surface area (Å²) in [4.78, 5) is 12.5. The van der Waals surface area contributed by atoms with Crippen LogP contribution in [-0.4, -0.2) is 15.7 Å². The number of nitrogens with one attached hydrogen (secondary N) is 1. The third-order valence-electron chi connectivity index (χ3n) is 5.15. The van der Waals surface area contributed by atoms with Crippen LogP contribution in [0.5, 0.6) is 0 Å². The molecule has 0 unspecified atom stereocenters. The summed E-state index contributed by atoms with van der Waals surface area (Å²) in [6, 6.07) is 14.6. The molecule has 0 spiro atoms. The number of nitrogens with zero attached hydrogens (tertiary/aromatic N) is 2. The van der Waals surface area contributed by atoms with Gasteiger partial charge in [-0.1, -0.05) is 36.4 Å². The molecule has 2 aromatic carbocycles. The van der Waals surface area contributed by atoms with E-state index in [1.54, 1.807) is 24.4 Å². The van der Waals surface area contributed by atoms with E-state index >= 15 is 0 Å². The zero-order valence-corrected chi connectivity index (χ0v) is 15.7. The van der Waals surface area contributed by atoms with Gasteiger partial charge in [-0.25, -0.2) is 9.07 Å². The molecule has 0 aliphatic heterocycles. The van der Waals surface area contributed by atoms with Crippen LogP contribution < -0.4 is 5.32 Å². The normalized spacial score (nSPS) is 16.1. The number of aromatic nitrogens is 2. The van der Waals surface area contributed by atoms with E-state index in [9.17, 15) is 9.18 Å². The predicted molar refractivity (Wildman–Crippen MR) is 109 cm³/mol. The Morgan fingerprint density at radius 1 is 1.21 bits per heavy atom. The topological polar surface area (TPSA) is 46.9 Å². The molecule has 1 amide bonds. The monoisotopic (exact) mass is 375 g/mol. The van der Waals surface area contributed by atoms with Crippen molar-refractivity contribution in [3.8, 4) is 0 Å². The Bertz CT molecular complexity index is 1020. The number of carbonyl (C=O) groups excluding carboxylic acids is 1. The van der Waals surface area contributed by atoms with Crippen LogP contribution in [0, 0.1) is 12.7 Å². The molecular formula is C23H22FN3O. The molecule has 3 aromatic rings. The van der Waals surface area contributed by atoms with E-state index in [2.05, 4.69) is 34.7 Å². The van der Waals surface area contributed by atoms with Crippen molar-refractivity contribution >= 4 is 17.8 Å². The van der Waals surface area contributed by atoms with Gasteiger partial charge in [-0.2, -0.15) is 5.10 Å². The maximum absolute atomic E-state index is 13.0. The van der Waals surface area contributed by atoms with Gasteiger partial charge in [0, 0.05) is 11.6 Å². The largest absolute Gasteiger partial charge is 0.307 e. The summed E-state index contributed by atoms with van der Waals surface area (Å²) in [5.41, 5.74) is 4.31. The van der Waals surface area contributed by atoms with E-state index in [0.717, 1.165) is 36.2 Å². The highest BCUT2D eigenvalue weighted by atomic mass is 19.1. The molecule has 0 bridgehead atoms. The number of anilines is 1. The molecule has 4 nitrogen and oxygen atoms in total. The number of rotatable bonds is 4. The number of hydrogen-bond donors (Lipinski definition) is 1. The highest BCUT2D eigenvalue weighted by Gasteiger charge is 2.25. The first-order valence-corrected chi connectivity index (χ1v) is 9.48. The van der Waals surface area contributed by atoms with Crippen LogP contribution in [0.2, 0.25) is 0 Å². The van der Waals surface area contributed by atoms with Crippen molar-refractivity contribution < 1.29 is 9.18 Å². The van der Waals surface area contributed by atoms with Crippen LogP contribution in [0.1, 0.15) is 41.1 Å². The fourth-order valence-electron chi connectivity index (χ4n) is 3.73. The summed E-state index contributed by atoms with van der Waals surface area (Å²) in [6.07, 6.45) is 8.08. The smallest absolute Gasteiger partial charge is 0.249 e. The molecule has 1 aromatic heterocycles. The molecule has 0 saturated carbocycles. The van der Waals surface area contributed by atoms with E-state index in [1.165, 1.54) is 29.3 Å². The highest BCUT2D eigenvalue weighted by Crippen LogP contribution is 2.35. The summed E-state index contributed by atoms with van der Waals surface area (Å²) in [5, 5.41) is 7.52. The van der Waals surface area contributed by atoms with Gasteiger partial charge in [0.2, 0.25) is 5.91 Å². The standard InChI is InChI=1S/C23H22FN3O/c1-16-15-25-27(21-8-4-6-18-5-2-3-7-20(18)21)23(16)26-22(28)14-11-17-9-12-19(24)13-10-17/h2-3,5,7,9-15,21H,4,6,8H2,1H3,(H,26,28)/b14-11-/t21-/m1/s1. The van der Waals surface area contributed by atoms with E-state index in [1.807, 2.05) is 11.6 Å². The second-order valence-corrected chi connectivity index (χ2v) is 7.10. The Labute approximate surface area is 163 Å². The molecule has 1 atom stereocenters. The van der Waals surface area contributed by atoms with Crippen molar-refractivity contribution in [3.05, 3.63) is 88.9 Å². The number of carbonyl (C=O) groups is 1. The van der Waals surface area contributed by atoms with Crippen LogP contribution in [0.15, 0.2) is 60.8 Å². The van der Waals surface area contributed by atoms with Gasteiger partial charge >= 0.3 is 0 Å². The lowest BCUT2D eigenvalue weighted by Gasteiger charge is -2.27. The summed E-state index contributed by atoms with van der Waals surface area (Å²) >= 11 is 0. The number of aryl methyl sites for hydroxylation is 2. The molecule has 1 aliphatic rings. The molecule has 4 rings (SSSR count). The van der Waals surface area contributed by atoms with Gasteiger partial charge in [-0.3, -0.25) is 4.79 Å². The fraction of sp³-hybridized carbons (Fsp3) is 0.217. The molecule has 0 radical (unpaired) electrons. The Balaban J connectivity index is 1.56. The number of benzene rings is 2. The zero-order chi connectivity index (χ0) is 19.5. The Kier molecular flexibility index (Phi) is 5.06. The lowest BCUT2D eigenvalue weighted by atomic mass is 9.88. The summed E-state index contributed by atoms with van der Waals surface area (Å²) in [7, 11) is 0. The highest BCUT2D eigenvalue weighted by molar-refractivity contribution is 6.01. The SMILES string of the molecule is Cc1cnn([C@@H]2CCCc3ccccc32)c1NC(=O)/C=C\c1ccc(F)cc1. The van der Waals surface area contributed by atoms with E-state index in [0.29, 0.717) is 0 Å². The lowest BCUT2D eigenvalue weighted by Crippen LogP contribution is -2.22. The number of fused-ring (bicyclic) bond motifs is 1. The summed E-state index contributed by atoms with van der Waals surface area (Å²) in [5.74, 6) is 0.183. The van der Waals surface area contributed by atoms with Crippen molar-refractivity contribution in [2.75, 3.05) is 5.32 Å². The molecular weight excluding hydrogens is 353 g/mol. The molecule has 142 valence electrons. The van der Waals surface area contributed by atoms with Crippen LogP contribution >= 0.6 is 0 Å². The summed E-state index contributed by atoms with van der Waals surface area (Å²) < 4.78 is 14.9. The van der Waals surface area contributed by atoms with Gasteiger partial charge in [0.05, 0.1) is 12.2 Å². The molecule has 0 fully saturated rings. The van der Waals surface area contributed by atoms with E-state index < -0.39 is 0 Å². The lowest BCUT2D eigenvalue weighted by molar-refractivity contribution is -0.111. The minimum absolute atomic E-state index is 0.120. The first-order valence-electron chi connectivity index (χ1n) is 9.48. The van der Waals surface area contributed by atoms with Crippen LogP contribution in [0.4, 0.5) is 10.2 Å². The van der Waals surface area contributed by atoms with Gasteiger partial charge in [-0.15, -0.1) is 0 Å². The molecule has 1 aliphatic carbocycles. The maximum Gasteiger partial charge on any atom is 0.249 e. The Hall–Kier alpha value is -3.21. The molecule has 1 N–H and O–H groups in total. The minimum Gasteiger partial charge on any atom is -0.307 e. The number of amides is 1. The zero-order valence-electron chi connectivity index (χ0n) is 15.7. The van der Waals surface area contributed by atoms with Crippen molar-refractivity contribution in [2.24, 2.45) is 0 Å². The second kappa shape index (κ2) is 7.80. The van der Waals surface area contributed by atoms with E-state index in [-0.39, 0.29) is 17.8 Å². The van der Waals surface area contributed by atoms with Crippen LogP contribution in [-0.2, 0) is 11.2 Å². The molecule has 28 heavy (non-hydrogen) atoms. The Morgan fingerprint density at radius 2 is 2.00 bits per heavy atom. The van der Waals surface area contributed by atoms with Gasteiger partial charge in [0.25, 0.3) is 0 Å². The average Bonchev–Trinajstić information content (AvgIpc) is 3.07. The Morgan fingerprint density at radius 3 is 2.82 bits per heavy atom. The second-order valence-electron chi connectivity index (χ2n) is 7.10. The molecule has 1 heterocycles. The van der Waals surface area contributed by atoms with Crippen LogP contribution in [0.3, 0.4) is 0 Å². The van der Waals surface area contributed by atoms with Gasteiger partial charge in [-0.05, 0) is 61.1 Å². The summed E-state index contributed by atoms with van der Waals surface area (Å²) in [6.45, 7) is 1.94. The molecule has 0 saturated heterocycles. The van der Waals surface area contributed by atoms with Gasteiger partial charge in [0.15, 0.2) is 0 Å². The van der Waals surface area contributed by atoms with Crippen LogP contribution in [0.25, 0.3) is 6.08 Å². The predicted octanol–water partition coefficient (Wildman–Crippen LogP) is 4.91.